The summed E-state index contributed by atoms with van der Waals surface area (Å²) >= 11 is 3.17. The molecule has 3 aromatic heterocycles. The number of pyridine rings is 1. The van der Waals surface area contributed by atoms with Crippen LogP contribution in [0.1, 0.15) is 16.8 Å². The molecule has 128 valence electrons. The molecule has 0 fully saturated rings. The molecule has 5 nitrogen and oxygen atoms in total. The van der Waals surface area contributed by atoms with E-state index in [9.17, 15) is 4.79 Å². The highest BCUT2D eigenvalue weighted by molar-refractivity contribution is 7.98. The quantitative estimate of drug-likeness (QED) is 0.565. The van der Waals surface area contributed by atoms with Gasteiger partial charge in [-0.1, -0.05) is 23.9 Å². The zero-order valence-corrected chi connectivity index (χ0v) is 15.5. The van der Waals surface area contributed by atoms with Gasteiger partial charge in [0, 0.05) is 32.3 Å². The SMILES string of the molecule is CSc1nc2c(c(=O)[nH]1)CN(Cc1ccc(-c3cccs3)nc1)CC2. The van der Waals surface area contributed by atoms with E-state index in [-0.39, 0.29) is 5.56 Å². The second-order valence-electron chi connectivity index (χ2n) is 5.99. The maximum Gasteiger partial charge on any atom is 0.256 e. The minimum Gasteiger partial charge on any atom is -0.301 e. The van der Waals surface area contributed by atoms with Crippen LogP contribution in [0.4, 0.5) is 0 Å². The van der Waals surface area contributed by atoms with Crippen molar-refractivity contribution >= 4 is 23.1 Å². The summed E-state index contributed by atoms with van der Waals surface area (Å²) in [5, 5.41) is 2.76. The number of H-pyrrole nitrogens is 1. The fourth-order valence-corrected chi connectivity index (χ4v) is 4.13. The van der Waals surface area contributed by atoms with E-state index in [2.05, 4.69) is 43.4 Å². The molecule has 0 saturated heterocycles. The molecule has 1 aliphatic heterocycles. The van der Waals surface area contributed by atoms with Crippen molar-refractivity contribution in [2.45, 2.75) is 24.7 Å². The zero-order valence-electron chi connectivity index (χ0n) is 13.9. The van der Waals surface area contributed by atoms with E-state index >= 15 is 0 Å². The van der Waals surface area contributed by atoms with E-state index < -0.39 is 0 Å². The number of hydrogen-bond donors (Lipinski definition) is 1. The number of rotatable bonds is 4. The van der Waals surface area contributed by atoms with Crippen molar-refractivity contribution in [3.8, 4) is 10.6 Å². The van der Waals surface area contributed by atoms with Crippen LogP contribution in [0.15, 0.2) is 45.8 Å². The van der Waals surface area contributed by atoms with Gasteiger partial charge in [-0.3, -0.25) is 14.7 Å². The van der Waals surface area contributed by atoms with Gasteiger partial charge in [-0.05, 0) is 29.3 Å². The molecular weight excluding hydrogens is 352 g/mol. The molecule has 3 aromatic rings. The first-order valence-corrected chi connectivity index (χ1v) is 10.2. The van der Waals surface area contributed by atoms with E-state index in [1.165, 1.54) is 16.6 Å². The maximum absolute atomic E-state index is 12.3. The Kier molecular flexibility index (Phi) is 4.70. The Labute approximate surface area is 154 Å². The lowest BCUT2D eigenvalue weighted by Crippen LogP contribution is -2.35. The summed E-state index contributed by atoms with van der Waals surface area (Å²) in [6.45, 7) is 2.34. The fourth-order valence-electron chi connectivity index (χ4n) is 3.04. The molecule has 0 amide bonds. The van der Waals surface area contributed by atoms with Crippen LogP contribution in [-0.2, 0) is 19.5 Å². The minimum absolute atomic E-state index is 0.00906. The van der Waals surface area contributed by atoms with Crippen molar-refractivity contribution < 1.29 is 0 Å². The molecule has 0 aromatic carbocycles. The summed E-state index contributed by atoms with van der Waals surface area (Å²) in [5.41, 5.74) is 3.90. The molecule has 0 saturated carbocycles. The Hall–Kier alpha value is -1.96. The number of thioether (sulfide) groups is 1. The first-order chi connectivity index (χ1) is 12.2. The Morgan fingerprint density at radius 2 is 2.28 bits per heavy atom. The molecule has 0 radical (unpaired) electrons. The molecular formula is C18H18N4OS2. The van der Waals surface area contributed by atoms with Crippen LogP contribution >= 0.6 is 23.1 Å². The van der Waals surface area contributed by atoms with Crippen molar-refractivity contribution in [2.24, 2.45) is 0 Å². The summed E-state index contributed by atoms with van der Waals surface area (Å²) in [4.78, 5) is 27.7. The van der Waals surface area contributed by atoms with Gasteiger partial charge in [0.1, 0.15) is 0 Å². The predicted octanol–water partition coefficient (Wildman–Crippen LogP) is 3.17. The van der Waals surface area contributed by atoms with Gasteiger partial charge in [0.15, 0.2) is 5.16 Å². The van der Waals surface area contributed by atoms with Crippen LogP contribution in [0.5, 0.6) is 0 Å². The Balaban J connectivity index is 1.48. The first kappa shape index (κ1) is 16.5. The summed E-state index contributed by atoms with van der Waals surface area (Å²) in [7, 11) is 0. The van der Waals surface area contributed by atoms with Gasteiger partial charge in [-0.25, -0.2) is 4.98 Å². The monoisotopic (exact) mass is 370 g/mol. The lowest BCUT2D eigenvalue weighted by atomic mass is 10.1. The van der Waals surface area contributed by atoms with E-state index in [4.69, 9.17) is 0 Å². The molecule has 4 heterocycles. The molecule has 4 rings (SSSR count). The number of hydrogen-bond acceptors (Lipinski definition) is 6. The zero-order chi connectivity index (χ0) is 17.2. The normalized spacial score (nSPS) is 14.4. The highest BCUT2D eigenvalue weighted by Gasteiger charge is 2.21. The summed E-state index contributed by atoms with van der Waals surface area (Å²) < 4.78 is 0. The average molecular weight is 371 g/mol. The lowest BCUT2D eigenvalue weighted by Gasteiger charge is -2.27. The lowest BCUT2D eigenvalue weighted by molar-refractivity contribution is 0.240. The Morgan fingerprint density at radius 3 is 3.00 bits per heavy atom. The number of fused-ring (bicyclic) bond motifs is 1. The summed E-state index contributed by atoms with van der Waals surface area (Å²) in [6, 6.07) is 8.31. The molecule has 0 atom stereocenters. The van der Waals surface area contributed by atoms with Crippen molar-refractivity contribution in [2.75, 3.05) is 12.8 Å². The molecule has 0 aliphatic carbocycles. The van der Waals surface area contributed by atoms with E-state index in [0.717, 1.165) is 42.0 Å². The molecule has 7 heteroatoms. The van der Waals surface area contributed by atoms with Crippen molar-refractivity contribution in [1.82, 2.24) is 19.9 Å². The van der Waals surface area contributed by atoms with E-state index in [1.807, 2.05) is 18.5 Å². The van der Waals surface area contributed by atoms with Crippen LogP contribution in [0.2, 0.25) is 0 Å². The van der Waals surface area contributed by atoms with Crippen LogP contribution in [0, 0.1) is 0 Å². The van der Waals surface area contributed by atoms with Crippen molar-refractivity contribution in [3.05, 3.63) is 63.0 Å². The third-order valence-electron chi connectivity index (χ3n) is 4.32. The van der Waals surface area contributed by atoms with E-state index in [1.54, 1.807) is 11.3 Å². The number of nitrogens with zero attached hydrogens (tertiary/aromatic N) is 3. The highest BCUT2D eigenvalue weighted by Crippen LogP contribution is 2.23. The second-order valence-corrected chi connectivity index (χ2v) is 7.73. The number of aromatic amines is 1. The molecule has 1 aliphatic rings. The van der Waals surface area contributed by atoms with Crippen LogP contribution in [0.25, 0.3) is 10.6 Å². The average Bonchev–Trinajstić information content (AvgIpc) is 3.17. The number of aromatic nitrogens is 3. The molecule has 0 spiro atoms. The Morgan fingerprint density at radius 1 is 1.36 bits per heavy atom. The van der Waals surface area contributed by atoms with Gasteiger partial charge >= 0.3 is 0 Å². The molecule has 0 bridgehead atoms. The van der Waals surface area contributed by atoms with Crippen LogP contribution in [-0.4, -0.2) is 32.7 Å². The Bertz CT molecular complexity index is 919. The summed E-state index contributed by atoms with van der Waals surface area (Å²) in [6.07, 6.45) is 4.67. The largest absolute Gasteiger partial charge is 0.301 e. The fraction of sp³-hybridized carbons (Fsp3) is 0.278. The molecule has 1 N–H and O–H groups in total. The second kappa shape index (κ2) is 7.11. The smallest absolute Gasteiger partial charge is 0.256 e. The van der Waals surface area contributed by atoms with E-state index in [0.29, 0.717) is 11.7 Å². The topological polar surface area (TPSA) is 61.9 Å². The van der Waals surface area contributed by atoms with Crippen molar-refractivity contribution in [1.29, 1.82) is 0 Å². The minimum atomic E-state index is -0.00906. The highest BCUT2D eigenvalue weighted by atomic mass is 32.2. The van der Waals surface area contributed by atoms with Gasteiger partial charge in [-0.15, -0.1) is 11.3 Å². The number of thiophene rings is 1. The predicted molar refractivity (Wildman–Crippen MR) is 102 cm³/mol. The standard InChI is InChI=1S/C18H18N4OS2/c1-24-18-20-14-6-7-22(11-13(14)17(23)21-18)10-12-4-5-15(19-9-12)16-3-2-8-25-16/h2-5,8-9H,6-7,10-11H2,1H3,(H,20,21,23). The third-order valence-corrected chi connectivity index (χ3v) is 5.80. The number of nitrogens with one attached hydrogen (secondary N) is 1. The van der Waals surface area contributed by atoms with Crippen LogP contribution < -0.4 is 5.56 Å². The molecule has 0 unspecified atom stereocenters. The maximum atomic E-state index is 12.3. The van der Waals surface area contributed by atoms with Crippen molar-refractivity contribution in [3.63, 3.8) is 0 Å². The van der Waals surface area contributed by atoms with Gasteiger partial charge in [0.05, 0.1) is 21.8 Å². The van der Waals surface area contributed by atoms with Gasteiger partial charge in [0.2, 0.25) is 0 Å². The van der Waals surface area contributed by atoms with Crippen LogP contribution in [0.3, 0.4) is 0 Å². The molecule has 25 heavy (non-hydrogen) atoms. The van der Waals surface area contributed by atoms with Gasteiger partial charge < -0.3 is 4.98 Å². The van der Waals surface area contributed by atoms with Gasteiger partial charge in [0.25, 0.3) is 5.56 Å². The first-order valence-electron chi connectivity index (χ1n) is 8.10. The third kappa shape index (κ3) is 3.53. The van der Waals surface area contributed by atoms with Gasteiger partial charge in [-0.2, -0.15) is 0 Å². The summed E-state index contributed by atoms with van der Waals surface area (Å²) in [5.74, 6) is 0.